The standard InChI is InChI=1S/C24H26ClN5O/c25-20-8-2-5-18(14-20)21-15-22(28-27-21)24(31)30-12-10-29(11-13-30)16-19-6-1-4-17-7-3-9-26-23(17)19/h1-9,14,21-22,27-28H,10-13,15-16H2. The molecule has 2 aliphatic heterocycles. The number of carbonyl (C=O) groups is 1. The third kappa shape index (κ3) is 4.43. The Morgan fingerprint density at radius 3 is 2.68 bits per heavy atom. The first kappa shape index (κ1) is 20.4. The van der Waals surface area contributed by atoms with Gasteiger partial charge in [-0.2, -0.15) is 0 Å². The van der Waals surface area contributed by atoms with Crippen LogP contribution in [0.15, 0.2) is 60.8 Å². The van der Waals surface area contributed by atoms with Gasteiger partial charge in [0.15, 0.2) is 0 Å². The number of para-hydroxylation sites is 1. The van der Waals surface area contributed by atoms with Crippen molar-refractivity contribution in [2.45, 2.75) is 25.0 Å². The molecule has 1 amide bonds. The molecule has 2 N–H and O–H groups in total. The first-order valence-corrected chi connectivity index (χ1v) is 11.2. The number of benzene rings is 2. The van der Waals surface area contributed by atoms with Crippen LogP contribution in [-0.4, -0.2) is 52.9 Å². The summed E-state index contributed by atoms with van der Waals surface area (Å²) in [5.41, 5.74) is 9.85. The predicted octanol–water partition coefficient (Wildman–Crippen LogP) is 3.14. The molecule has 2 atom stereocenters. The maximum atomic E-state index is 13.1. The molecule has 6 nitrogen and oxygen atoms in total. The van der Waals surface area contributed by atoms with Gasteiger partial charge in [-0.1, -0.05) is 48.0 Å². The predicted molar refractivity (Wildman–Crippen MR) is 122 cm³/mol. The number of nitrogens with zero attached hydrogens (tertiary/aromatic N) is 3. The molecule has 2 saturated heterocycles. The molecule has 3 heterocycles. The van der Waals surface area contributed by atoms with E-state index in [2.05, 4.69) is 45.0 Å². The molecule has 0 bridgehead atoms. The van der Waals surface area contributed by atoms with Crippen LogP contribution in [0.3, 0.4) is 0 Å². The number of pyridine rings is 1. The maximum Gasteiger partial charge on any atom is 0.241 e. The first-order chi connectivity index (χ1) is 15.2. The minimum absolute atomic E-state index is 0.0906. The lowest BCUT2D eigenvalue weighted by atomic mass is 10.0. The average Bonchev–Trinajstić information content (AvgIpc) is 3.30. The number of nitrogens with one attached hydrogen (secondary N) is 2. The van der Waals surface area contributed by atoms with Gasteiger partial charge in [0.1, 0.15) is 6.04 Å². The van der Waals surface area contributed by atoms with Gasteiger partial charge in [0.05, 0.1) is 5.52 Å². The number of halogens is 1. The number of fused-ring (bicyclic) bond motifs is 1. The summed E-state index contributed by atoms with van der Waals surface area (Å²) < 4.78 is 0. The zero-order chi connectivity index (χ0) is 21.2. The number of hydrogen-bond acceptors (Lipinski definition) is 5. The second-order valence-corrected chi connectivity index (χ2v) is 8.71. The van der Waals surface area contributed by atoms with Gasteiger partial charge in [-0.15, -0.1) is 0 Å². The van der Waals surface area contributed by atoms with Crippen molar-refractivity contribution in [1.29, 1.82) is 0 Å². The molecule has 0 aliphatic carbocycles. The van der Waals surface area contributed by atoms with Gasteiger partial charge >= 0.3 is 0 Å². The smallest absolute Gasteiger partial charge is 0.241 e. The van der Waals surface area contributed by atoms with E-state index >= 15 is 0 Å². The zero-order valence-corrected chi connectivity index (χ0v) is 18.1. The monoisotopic (exact) mass is 435 g/mol. The van der Waals surface area contributed by atoms with Crippen molar-refractivity contribution in [3.05, 3.63) is 76.9 Å². The Morgan fingerprint density at radius 1 is 1.03 bits per heavy atom. The van der Waals surface area contributed by atoms with Crippen LogP contribution in [0.4, 0.5) is 0 Å². The highest BCUT2D eigenvalue weighted by Gasteiger charge is 2.34. The summed E-state index contributed by atoms with van der Waals surface area (Å²) in [5, 5.41) is 1.88. The topological polar surface area (TPSA) is 60.5 Å². The fourth-order valence-corrected chi connectivity index (χ4v) is 4.74. The number of rotatable bonds is 4. The lowest BCUT2D eigenvalue weighted by Gasteiger charge is -2.36. The van der Waals surface area contributed by atoms with Gasteiger partial charge in [0, 0.05) is 55.4 Å². The van der Waals surface area contributed by atoms with Gasteiger partial charge < -0.3 is 4.90 Å². The van der Waals surface area contributed by atoms with Crippen LogP contribution in [0.5, 0.6) is 0 Å². The average molecular weight is 436 g/mol. The molecule has 2 aliphatic rings. The van der Waals surface area contributed by atoms with Gasteiger partial charge in [-0.05, 0) is 35.7 Å². The number of hydrazine groups is 1. The van der Waals surface area contributed by atoms with Crippen LogP contribution in [0, 0.1) is 0 Å². The highest BCUT2D eigenvalue weighted by atomic mass is 35.5. The normalized spacial score (nSPS) is 22.2. The number of carbonyl (C=O) groups excluding carboxylic acids is 1. The Morgan fingerprint density at radius 2 is 1.84 bits per heavy atom. The van der Waals surface area contributed by atoms with Crippen LogP contribution >= 0.6 is 11.6 Å². The molecule has 5 rings (SSSR count). The van der Waals surface area contributed by atoms with Crippen LogP contribution in [0.25, 0.3) is 10.9 Å². The van der Waals surface area contributed by atoms with Crippen molar-refractivity contribution in [1.82, 2.24) is 25.6 Å². The van der Waals surface area contributed by atoms with Crippen LogP contribution in [-0.2, 0) is 11.3 Å². The van der Waals surface area contributed by atoms with Crippen LogP contribution < -0.4 is 10.9 Å². The fraction of sp³-hybridized carbons (Fsp3) is 0.333. The van der Waals surface area contributed by atoms with Crippen molar-refractivity contribution < 1.29 is 4.79 Å². The highest BCUT2D eigenvalue weighted by molar-refractivity contribution is 6.30. The van der Waals surface area contributed by atoms with Crippen molar-refractivity contribution in [2.24, 2.45) is 0 Å². The van der Waals surface area contributed by atoms with Gasteiger partial charge in [-0.25, -0.2) is 10.9 Å². The molecular weight excluding hydrogens is 410 g/mol. The van der Waals surface area contributed by atoms with Gasteiger partial charge in [0.2, 0.25) is 5.91 Å². The number of piperazine rings is 1. The molecule has 0 saturated carbocycles. The molecular formula is C24H26ClN5O. The molecule has 1 aromatic heterocycles. The van der Waals surface area contributed by atoms with E-state index in [1.54, 1.807) is 0 Å². The van der Waals surface area contributed by atoms with Crippen molar-refractivity contribution in [3.63, 3.8) is 0 Å². The Balaban J connectivity index is 1.17. The third-order valence-electron chi connectivity index (χ3n) is 6.25. The number of hydrogen-bond donors (Lipinski definition) is 2. The van der Waals surface area contributed by atoms with Crippen LogP contribution in [0.2, 0.25) is 5.02 Å². The van der Waals surface area contributed by atoms with E-state index in [0.29, 0.717) is 5.02 Å². The van der Waals surface area contributed by atoms with Crippen molar-refractivity contribution in [3.8, 4) is 0 Å². The number of amides is 1. The van der Waals surface area contributed by atoms with Crippen LogP contribution in [0.1, 0.15) is 23.6 Å². The summed E-state index contributed by atoms with van der Waals surface area (Å²) in [5.74, 6) is 0.170. The summed E-state index contributed by atoms with van der Waals surface area (Å²) >= 11 is 6.12. The van der Waals surface area contributed by atoms with Gasteiger partial charge in [-0.3, -0.25) is 14.7 Å². The summed E-state index contributed by atoms with van der Waals surface area (Å²) in [6.45, 7) is 4.09. The second kappa shape index (κ2) is 8.93. The molecule has 7 heteroatoms. The van der Waals surface area contributed by atoms with E-state index in [0.717, 1.165) is 50.2 Å². The second-order valence-electron chi connectivity index (χ2n) is 8.28. The third-order valence-corrected chi connectivity index (χ3v) is 6.48. The Labute approximate surface area is 187 Å². The Hall–Kier alpha value is -2.51. The van der Waals surface area contributed by atoms with E-state index < -0.39 is 0 Å². The molecule has 2 unspecified atom stereocenters. The zero-order valence-electron chi connectivity index (χ0n) is 17.3. The van der Waals surface area contributed by atoms with E-state index in [1.165, 1.54) is 10.9 Å². The first-order valence-electron chi connectivity index (χ1n) is 10.8. The molecule has 160 valence electrons. The molecule has 2 fully saturated rings. The summed E-state index contributed by atoms with van der Waals surface area (Å²) in [7, 11) is 0. The van der Waals surface area contributed by atoms with Gasteiger partial charge in [0.25, 0.3) is 0 Å². The molecule has 2 aromatic carbocycles. The maximum absolute atomic E-state index is 13.1. The lowest BCUT2D eigenvalue weighted by Crippen LogP contribution is -2.53. The quantitative estimate of drug-likeness (QED) is 0.659. The highest BCUT2D eigenvalue weighted by Crippen LogP contribution is 2.25. The molecule has 0 radical (unpaired) electrons. The minimum Gasteiger partial charge on any atom is -0.339 e. The molecule has 3 aromatic rings. The SMILES string of the molecule is O=C(C1CC(c2cccc(Cl)c2)NN1)N1CCN(Cc2cccc3cccnc23)CC1. The van der Waals surface area contributed by atoms with E-state index in [-0.39, 0.29) is 18.0 Å². The fourth-order valence-electron chi connectivity index (χ4n) is 4.54. The minimum atomic E-state index is -0.210. The van der Waals surface area contributed by atoms with E-state index in [1.807, 2.05) is 41.4 Å². The Bertz CT molecular complexity index is 1080. The van der Waals surface area contributed by atoms with E-state index in [9.17, 15) is 4.79 Å². The summed E-state index contributed by atoms with van der Waals surface area (Å²) in [6, 6.07) is 18.1. The number of aromatic nitrogens is 1. The summed E-state index contributed by atoms with van der Waals surface area (Å²) in [4.78, 5) is 22.0. The lowest BCUT2D eigenvalue weighted by molar-refractivity contribution is -0.135. The van der Waals surface area contributed by atoms with E-state index in [4.69, 9.17) is 11.6 Å². The van der Waals surface area contributed by atoms with Crippen molar-refractivity contribution in [2.75, 3.05) is 26.2 Å². The Kier molecular flexibility index (Phi) is 5.87. The van der Waals surface area contributed by atoms with Crippen molar-refractivity contribution >= 4 is 28.4 Å². The molecule has 0 spiro atoms. The largest absolute Gasteiger partial charge is 0.339 e. The molecule has 31 heavy (non-hydrogen) atoms. The summed E-state index contributed by atoms with van der Waals surface area (Å²) in [6.07, 6.45) is 2.57.